The van der Waals surface area contributed by atoms with Gasteiger partial charge < -0.3 is 20.9 Å². The molecule has 104 valence electrons. The van der Waals surface area contributed by atoms with Gasteiger partial charge in [-0.05, 0) is 5.92 Å². The summed E-state index contributed by atoms with van der Waals surface area (Å²) in [6.07, 6.45) is 0. The van der Waals surface area contributed by atoms with Gasteiger partial charge in [0.05, 0.1) is 12.1 Å². The lowest BCUT2D eigenvalue weighted by Gasteiger charge is -2.37. The minimum atomic E-state index is -0.438. The summed E-state index contributed by atoms with van der Waals surface area (Å²) in [5, 5.41) is 2.79. The van der Waals surface area contributed by atoms with Crippen LogP contribution in [0.5, 0.6) is 0 Å². The first kappa shape index (κ1) is 15.0. The van der Waals surface area contributed by atoms with Crippen LogP contribution in [0, 0.1) is 5.92 Å². The van der Waals surface area contributed by atoms with Gasteiger partial charge >= 0.3 is 6.03 Å². The number of fused-ring (bicyclic) bond motifs is 1. The van der Waals surface area contributed by atoms with Crippen LogP contribution in [0.15, 0.2) is 0 Å². The molecule has 2 rings (SSSR count). The van der Waals surface area contributed by atoms with Gasteiger partial charge in [-0.3, -0.25) is 4.79 Å². The Morgan fingerprint density at radius 3 is 2.72 bits per heavy atom. The summed E-state index contributed by atoms with van der Waals surface area (Å²) in [5.41, 5.74) is 5.87. The number of nitrogens with zero attached hydrogens (tertiary/aromatic N) is 2. The van der Waals surface area contributed by atoms with E-state index in [1.165, 1.54) is 0 Å². The smallest absolute Gasteiger partial charge is 0.317 e. The van der Waals surface area contributed by atoms with E-state index < -0.39 is 6.04 Å². The molecule has 0 aliphatic carbocycles. The van der Waals surface area contributed by atoms with Gasteiger partial charge in [-0.2, -0.15) is 0 Å². The maximum absolute atomic E-state index is 12.1. The number of rotatable bonds is 2. The third-order valence-corrected chi connectivity index (χ3v) is 3.55. The minimum absolute atomic E-state index is 0. The van der Waals surface area contributed by atoms with Crippen molar-refractivity contribution in [1.82, 2.24) is 15.1 Å². The van der Waals surface area contributed by atoms with Crippen LogP contribution in [0.25, 0.3) is 0 Å². The van der Waals surface area contributed by atoms with Crippen molar-refractivity contribution >= 4 is 24.3 Å². The Labute approximate surface area is 113 Å². The number of nitrogens with one attached hydrogen (secondary N) is 1. The fourth-order valence-electron chi connectivity index (χ4n) is 2.30. The van der Waals surface area contributed by atoms with Crippen LogP contribution in [0.4, 0.5) is 4.79 Å². The van der Waals surface area contributed by atoms with Crippen LogP contribution < -0.4 is 11.1 Å². The zero-order valence-electron chi connectivity index (χ0n) is 10.8. The van der Waals surface area contributed by atoms with Crippen molar-refractivity contribution in [3.63, 3.8) is 0 Å². The van der Waals surface area contributed by atoms with Gasteiger partial charge in [0.2, 0.25) is 5.91 Å². The Morgan fingerprint density at radius 1 is 1.44 bits per heavy atom. The lowest BCUT2D eigenvalue weighted by molar-refractivity contribution is -0.135. The van der Waals surface area contributed by atoms with E-state index in [4.69, 9.17) is 5.73 Å². The van der Waals surface area contributed by atoms with E-state index >= 15 is 0 Å². The first-order chi connectivity index (χ1) is 8.00. The molecule has 0 radical (unpaired) electrons. The highest BCUT2D eigenvalue weighted by Crippen LogP contribution is 2.15. The second kappa shape index (κ2) is 5.75. The number of carbonyl (C=O) groups excluding carboxylic acids is 2. The van der Waals surface area contributed by atoms with E-state index in [-0.39, 0.29) is 36.3 Å². The van der Waals surface area contributed by atoms with Gasteiger partial charge in [0.1, 0.15) is 0 Å². The van der Waals surface area contributed by atoms with Crippen molar-refractivity contribution < 1.29 is 9.59 Å². The second-order valence-electron chi connectivity index (χ2n) is 5.09. The number of hydrogen-bond donors (Lipinski definition) is 2. The molecule has 2 atom stereocenters. The maximum atomic E-state index is 12.1. The molecule has 3 amide bonds. The minimum Gasteiger partial charge on any atom is -0.337 e. The number of amides is 3. The molecule has 0 aromatic rings. The van der Waals surface area contributed by atoms with Crippen LogP contribution in [-0.2, 0) is 4.79 Å². The number of halogens is 1. The van der Waals surface area contributed by atoms with E-state index in [0.29, 0.717) is 26.2 Å². The van der Waals surface area contributed by atoms with Crippen molar-refractivity contribution in [2.75, 3.05) is 26.2 Å². The second-order valence-corrected chi connectivity index (χ2v) is 5.09. The average molecular weight is 277 g/mol. The molecule has 2 aliphatic heterocycles. The molecular weight excluding hydrogens is 256 g/mol. The number of piperazine rings is 1. The van der Waals surface area contributed by atoms with Crippen LogP contribution in [0.2, 0.25) is 0 Å². The van der Waals surface area contributed by atoms with Crippen molar-refractivity contribution in [1.29, 1.82) is 0 Å². The summed E-state index contributed by atoms with van der Waals surface area (Å²) >= 11 is 0. The molecule has 0 bridgehead atoms. The molecular formula is C11H21ClN4O2. The molecule has 2 fully saturated rings. The zero-order chi connectivity index (χ0) is 12.6. The molecule has 0 spiro atoms. The molecule has 7 heteroatoms. The fraction of sp³-hybridized carbons (Fsp3) is 0.818. The Balaban J connectivity index is 0.00000162. The largest absolute Gasteiger partial charge is 0.337 e. The van der Waals surface area contributed by atoms with Gasteiger partial charge in [0, 0.05) is 26.2 Å². The maximum Gasteiger partial charge on any atom is 0.317 e. The van der Waals surface area contributed by atoms with Crippen molar-refractivity contribution in [3.8, 4) is 0 Å². The molecule has 2 saturated heterocycles. The van der Waals surface area contributed by atoms with E-state index in [0.717, 1.165) is 0 Å². The third kappa shape index (κ3) is 2.70. The fourth-order valence-corrected chi connectivity index (χ4v) is 2.30. The van der Waals surface area contributed by atoms with E-state index in [1.807, 2.05) is 13.8 Å². The predicted molar refractivity (Wildman–Crippen MR) is 70.5 cm³/mol. The topological polar surface area (TPSA) is 78.7 Å². The monoisotopic (exact) mass is 276 g/mol. The highest BCUT2D eigenvalue weighted by Gasteiger charge is 2.38. The van der Waals surface area contributed by atoms with Crippen LogP contribution in [0.1, 0.15) is 13.8 Å². The summed E-state index contributed by atoms with van der Waals surface area (Å²) in [6.45, 7) is 6.30. The summed E-state index contributed by atoms with van der Waals surface area (Å²) in [6, 6.07) is -0.346. The average Bonchev–Trinajstić information content (AvgIpc) is 2.68. The zero-order valence-corrected chi connectivity index (χ0v) is 11.6. The molecule has 0 aromatic heterocycles. The number of hydrogen-bond acceptors (Lipinski definition) is 3. The van der Waals surface area contributed by atoms with Gasteiger partial charge in [-0.15, -0.1) is 12.4 Å². The van der Waals surface area contributed by atoms with E-state index in [2.05, 4.69) is 5.32 Å². The summed E-state index contributed by atoms with van der Waals surface area (Å²) in [5.74, 6) is 0.142. The molecule has 2 heterocycles. The highest BCUT2D eigenvalue weighted by molar-refractivity contribution is 5.85. The van der Waals surface area contributed by atoms with Gasteiger partial charge in [-0.1, -0.05) is 13.8 Å². The predicted octanol–water partition coefficient (Wildman–Crippen LogP) is -0.372. The van der Waals surface area contributed by atoms with Gasteiger partial charge in [0.15, 0.2) is 0 Å². The SMILES string of the molecule is CC(C)[C@@H](N)C(=O)N1CCN2C(=O)NCC2C1.Cl. The molecule has 0 aromatic carbocycles. The number of urea groups is 1. The molecule has 18 heavy (non-hydrogen) atoms. The summed E-state index contributed by atoms with van der Waals surface area (Å²) in [7, 11) is 0. The Morgan fingerprint density at radius 2 is 2.11 bits per heavy atom. The molecule has 2 aliphatic rings. The van der Waals surface area contributed by atoms with E-state index in [9.17, 15) is 9.59 Å². The lowest BCUT2D eigenvalue weighted by atomic mass is 10.0. The van der Waals surface area contributed by atoms with Crippen molar-refractivity contribution in [3.05, 3.63) is 0 Å². The van der Waals surface area contributed by atoms with Gasteiger partial charge in [0.25, 0.3) is 0 Å². The molecule has 1 unspecified atom stereocenters. The Bertz CT molecular complexity index is 337. The van der Waals surface area contributed by atoms with Crippen LogP contribution in [0.3, 0.4) is 0 Å². The lowest BCUT2D eigenvalue weighted by Crippen LogP contribution is -2.57. The third-order valence-electron chi connectivity index (χ3n) is 3.55. The van der Waals surface area contributed by atoms with E-state index in [1.54, 1.807) is 9.80 Å². The van der Waals surface area contributed by atoms with Gasteiger partial charge in [-0.25, -0.2) is 4.79 Å². The normalized spacial score (nSPS) is 24.4. The summed E-state index contributed by atoms with van der Waals surface area (Å²) in [4.78, 5) is 27.1. The molecule has 0 saturated carbocycles. The summed E-state index contributed by atoms with van der Waals surface area (Å²) < 4.78 is 0. The first-order valence-corrected chi connectivity index (χ1v) is 6.09. The van der Waals surface area contributed by atoms with Crippen molar-refractivity contribution in [2.45, 2.75) is 25.9 Å². The Hall–Kier alpha value is -1.01. The first-order valence-electron chi connectivity index (χ1n) is 6.09. The quantitative estimate of drug-likeness (QED) is 0.722. The van der Waals surface area contributed by atoms with Crippen LogP contribution in [-0.4, -0.2) is 60.0 Å². The number of carbonyl (C=O) groups is 2. The van der Waals surface area contributed by atoms with Crippen molar-refractivity contribution in [2.24, 2.45) is 11.7 Å². The number of nitrogens with two attached hydrogens (primary N) is 1. The molecule has 6 nitrogen and oxygen atoms in total. The standard InChI is InChI=1S/C11H20N4O2.ClH/c1-7(2)9(12)10(16)14-3-4-15-8(6-14)5-13-11(15)17;/h7-9H,3-6,12H2,1-2H3,(H,13,17);1H/t8?,9-;/m1./s1. The molecule has 3 N–H and O–H groups in total. The highest BCUT2D eigenvalue weighted by atomic mass is 35.5. The van der Waals surface area contributed by atoms with Crippen LogP contribution >= 0.6 is 12.4 Å². The Kier molecular flexibility index (Phi) is 4.81.